The molecule has 29 heavy (non-hydrogen) atoms. The molecule has 2 aliphatic rings. The second-order valence-electron chi connectivity index (χ2n) is 9.00. The van der Waals surface area contributed by atoms with Crippen LogP contribution >= 0.6 is 0 Å². The molecule has 0 unspecified atom stereocenters. The molecular weight excluding hydrogens is 362 g/mol. The molecule has 1 aromatic heterocycles. The average Bonchev–Trinajstić information content (AvgIpc) is 3.30. The van der Waals surface area contributed by atoms with Crippen molar-refractivity contribution in [2.75, 3.05) is 24.5 Å². The van der Waals surface area contributed by atoms with Gasteiger partial charge in [0.15, 0.2) is 5.69 Å². The van der Waals surface area contributed by atoms with E-state index in [1.54, 1.807) is 0 Å². The van der Waals surface area contributed by atoms with Gasteiger partial charge in [0.25, 0.3) is 5.91 Å². The number of amides is 1. The summed E-state index contributed by atoms with van der Waals surface area (Å²) in [6.07, 6.45) is 3.45. The van der Waals surface area contributed by atoms with Crippen molar-refractivity contribution in [2.45, 2.75) is 58.9 Å². The second-order valence-corrected chi connectivity index (χ2v) is 9.00. The van der Waals surface area contributed by atoms with Crippen LogP contribution in [0.15, 0.2) is 29.3 Å². The zero-order chi connectivity index (χ0) is 20.6. The minimum absolute atomic E-state index is 0.0936. The van der Waals surface area contributed by atoms with Crippen molar-refractivity contribution < 1.29 is 4.79 Å². The van der Waals surface area contributed by atoms with Crippen molar-refractivity contribution in [1.29, 1.82) is 0 Å². The van der Waals surface area contributed by atoms with E-state index in [4.69, 9.17) is 10.1 Å². The molecule has 4 rings (SSSR count). The monoisotopic (exact) mass is 393 g/mol. The Labute approximate surface area is 173 Å². The largest absolute Gasteiger partial charge is 0.372 e. The number of hydrogen-bond donors (Lipinski definition) is 1. The molecule has 0 saturated carbocycles. The lowest BCUT2D eigenvalue weighted by atomic mass is 9.91. The van der Waals surface area contributed by atoms with Gasteiger partial charge in [0.2, 0.25) is 0 Å². The first-order valence-electron chi connectivity index (χ1n) is 10.7. The van der Waals surface area contributed by atoms with Gasteiger partial charge in [-0.15, -0.1) is 0 Å². The molecule has 0 spiro atoms. The molecule has 1 saturated heterocycles. The molecule has 0 radical (unpaired) electrons. The Bertz CT molecular complexity index is 927. The van der Waals surface area contributed by atoms with Crippen molar-refractivity contribution >= 4 is 23.0 Å². The lowest BCUT2D eigenvalue weighted by Crippen LogP contribution is -2.30. The minimum atomic E-state index is -0.193. The van der Waals surface area contributed by atoms with Crippen molar-refractivity contribution in [3.8, 4) is 0 Å². The Morgan fingerprint density at radius 3 is 2.41 bits per heavy atom. The maximum Gasteiger partial charge on any atom is 0.272 e. The van der Waals surface area contributed by atoms with E-state index in [9.17, 15) is 4.79 Å². The Morgan fingerprint density at radius 1 is 1.10 bits per heavy atom. The van der Waals surface area contributed by atoms with E-state index >= 15 is 0 Å². The van der Waals surface area contributed by atoms with Crippen LogP contribution in [0, 0.1) is 0 Å². The summed E-state index contributed by atoms with van der Waals surface area (Å²) in [7, 11) is 0. The molecule has 1 aromatic carbocycles. The molecule has 2 aliphatic heterocycles. The predicted molar refractivity (Wildman–Crippen MR) is 118 cm³/mol. The quantitative estimate of drug-likeness (QED) is 0.852. The van der Waals surface area contributed by atoms with Gasteiger partial charge in [0.05, 0.1) is 18.0 Å². The standard InChI is InChI=1S/C23H31N5O/c1-5-12-28-20-19(21(26-28)23(2,3)4)25-18(15-24-22(20)29)16-8-10-17(11-9-16)27-13-6-7-14-27/h8-11H,5-7,12-15H2,1-4H3,(H,24,29). The summed E-state index contributed by atoms with van der Waals surface area (Å²) >= 11 is 0. The summed E-state index contributed by atoms with van der Waals surface area (Å²) in [5.74, 6) is -0.0936. The van der Waals surface area contributed by atoms with Gasteiger partial charge in [-0.2, -0.15) is 5.10 Å². The van der Waals surface area contributed by atoms with Crippen LogP contribution in [-0.2, 0) is 12.0 Å². The lowest BCUT2D eigenvalue weighted by molar-refractivity contribution is 0.0950. The molecule has 0 bridgehead atoms. The van der Waals surface area contributed by atoms with Crippen LogP contribution in [0.1, 0.15) is 68.7 Å². The molecule has 1 amide bonds. The number of benzene rings is 1. The molecule has 0 aliphatic carbocycles. The van der Waals surface area contributed by atoms with Crippen LogP contribution < -0.4 is 10.2 Å². The minimum Gasteiger partial charge on any atom is -0.372 e. The van der Waals surface area contributed by atoms with Crippen LogP contribution in [0.2, 0.25) is 0 Å². The molecule has 1 N–H and O–H groups in total. The van der Waals surface area contributed by atoms with Gasteiger partial charge in [-0.3, -0.25) is 9.48 Å². The fraction of sp³-hybridized carbons (Fsp3) is 0.522. The van der Waals surface area contributed by atoms with E-state index in [2.05, 4.69) is 62.2 Å². The number of fused-ring (bicyclic) bond motifs is 1. The number of aromatic nitrogens is 2. The maximum absolute atomic E-state index is 12.9. The van der Waals surface area contributed by atoms with Crippen molar-refractivity contribution in [3.63, 3.8) is 0 Å². The van der Waals surface area contributed by atoms with E-state index in [1.807, 2.05) is 4.68 Å². The molecule has 6 heteroatoms. The predicted octanol–water partition coefficient (Wildman–Crippen LogP) is 4.06. The van der Waals surface area contributed by atoms with Gasteiger partial charge < -0.3 is 10.2 Å². The van der Waals surface area contributed by atoms with Crippen molar-refractivity contribution in [3.05, 3.63) is 41.2 Å². The smallest absolute Gasteiger partial charge is 0.272 e. The van der Waals surface area contributed by atoms with E-state index in [1.165, 1.54) is 18.5 Å². The highest BCUT2D eigenvalue weighted by Gasteiger charge is 2.31. The number of rotatable bonds is 4. The Balaban J connectivity index is 1.75. The van der Waals surface area contributed by atoms with Gasteiger partial charge in [-0.05, 0) is 37.0 Å². The van der Waals surface area contributed by atoms with Crippen molar-refractivity contribution in [2.24, 2.45) is 4.99 Å². The number of anilines is 1. The summed E-state index contributed by atoms with van der Waals surface area (Å²) in [6, 6.07) is 8.58. The van der Waals surface area contributed by atoms with Gasteiger partial charge >= 0.3 is 0 Å². The summed E-state index contributed by atoms with van der Waals surface area (Å²) in [6.45, 7) is 11.8. The highest BCUT2D eigenvalue weighted by atomic mass is 16.2. The van der Waals surface area contributed by atoms with E-state index < -0.39 is 0 Å². The van der Waals surface area contributed by atoms with Crippen LogP contribution in [0.3, 0.4) is 0 Å². The molecule has 3 heterocycles. The number of carbonyl (C=O) groups is 1. The van der Waals surface area contributed by atoms with Crippen LogP contribution in [-0.4, -0.2) is 41.0 Å². The van der Waals surface area contributed by atoms with Gasteiger partial charge in [-0.1, -0.05) is 39.8 Å². The normalized spacial score (nSPS) is 17.0. The zero-order valence-electron chi connectivity index (χ0n) is 18.0. The van der Waals surface area contributed by atoms with Gasteiger partial charge in [-0.25, -0.2) is 4.99 Å². The number of carbonyl (C=O) groups excluding carboxylic acids is 1. The SMILES string of the molecule is CCCn1nc(C(C)(C)C)c2c1C(=O)NCC(c1ccc(N3CCCC3)cc1)=N2. The average molecular weight is 394 g/mol. The second kappa shape index (κ2) is 7.65. The first kappa shape index (κ1) is 19.7. The molecule has 1 fully saturated rings. The Morgan fingerprint density at radius 2 is 1.79 bits per heavy atom. The van der Waals surface area contributed by atoms with Crippen molar-refractivity contribution in [1.82, 2.24) is 15.1 Å². The van der Waals surface area contributed by atoms with Gasteiger partial charge in [0, 0.05) is 30.7 Å². The van der Waals surface area contributed by atoms with Crippen LogP contribution in [0.25, 0.3) is 0 Å². The number of nitrogens with one attached hydrogen (secondary N) is 1. The fourth-order valence-electron chi connectivity index (χ4n) is 4.09. The van der Waals surface area contributed by atoms with Crippen LogP contribution in [0.5, 0.6) is 0 Å². The van der Waals surface area contributed by atoms with Crippen LogP contribution in [0.4, 0.5) is 11.4 Å². The molecule has 6 nitrogen and oxygen atoms in total. The third-order valence-electron chi connectivity index (χ3n) is 5.62. The summed E-state index contributed by atoms with van der Waals surface area (Å²) in [5, 5.41) is 7.82. The summed E-state index contributed by atoms with van der Waals surface area (Å²) in [5.41, 5.74) is 5.18. The first-order valence-corrected chi connectivity index (χ1v) is 10.7. The lowest BCUT2D eigenvalue weighted by Gasteiger charge is -2.18. The maximum atomic E-state index is 12.9. The number of aliphatic imine (C=N–C) groups is 1. The third-order valence-corrected chi connectivity index (χ3v) is 5.62. The van der Waals surface area contributed by atoms with Gasteiger partial charge in [0.1, 0.15) is 5.69 Å². The molecular formula is C23H31N5O. The summed E-state index contributed by atoms with van der Waals surface area (Å²) in [4.78, 5) is 20.3. The zero-order valence-corrected chi connectivity index (χ0v) is 18.0. The molecule has 154 valence electrons. The Hall–Kier alpha value is -2.63. The fourth-order valence-corrected chi connectivity index (χ4v) is 4.09. The molecule has 0 atom stereocenters. The highest BCUT2D eigenvalue weighted by Crippen LogP contribution is 2.35. The topological polar surface area (TPSA) is 62.5 Å². The number of nitrogens with zero attached hydrogens (tertiary/aromatic N) is 4. The third kappa shape index (κ3) is 3.80. The van der Waals surface area contributed by atoms with E-state index in [-0.39, 0.29) is 11.3 Å². The molecule has 2 aromatic rings. The summed E-state index contributed by atoms with van der Waals surface area (Å²) < 4.78 is 1.83. The van der Waals surface area contributed by atoms with E-state index in [0.717, 1.165) is 42.2 Å². The van der Waals surface area contributed by atoms with E-state index in [0.29, 0.717) is 18.8 Å². The number of aryl methyl sites for hydroxylation is 1. The number of hydrogen-bond acceptors (Lipinski definition) is 4. The first-order chi connectivity index (χ1) is 13.9. The Kier molecular flexibility index (Phi) is 5.19. The highest BCUT2D eigenvalue weighted by molar-refractivity contribution is 6.10.